The Morgan fingerprint density at radius 1 is 1.00 bits per heavy atom. The van der Waals surface area contributed by atoms with Crippen LogP contribution in [0.25, 0.3) is 0 Å². The van der Waals surface area contributed by atoms with Gasteiger partial charge in [-0.3, -0.25) is 4.79 Å². The van der Waals surface area contributed by atoms with E-state index < -0.39 is 0 Å². The summed E-state index contributed by atoms with van der Waals surface area (Å²) in [6.45, 7) is 0.548. The van der Waals surface area contributed by atoms with E-state index in [2.05, 4.69) is 17.5 Å². The van der Waals surface area contributed by atoms with Crippen molar-refractivity contribution in [1.82, 2.24) is 5.32 Å². The molecular formula is C19H17NO. The molecule has 0 unspecified atom stereocenters. The standard InChI is InChI=1S/C19H17NO/c21-19(20-14-16-8-2-1-3-9-16)18-12-6-10-15-7-4-5-11-17(18)13-15/h1-12H,13-14H2,(H,20,21). The molecule has 0 fully saturated rings. The number of nitrogens with one attached hydrogen (secondary N) is 1. The van der Waals surface area contributed by atoms with Gasteiger partial charge in [0.15, 0.2) is 0 Å². The average Bonchev–Trinajstić information content (AvgIpc) is 2.88. The summed E-state index contributed by atoms with van der Waals surface area (Å²) in [7, 11) is 0. The van der Waals surface area contributed by atoms with E-state index in [0.717, 1.165) is 23.1 Å². The molecule has 1 aromatic rings. The number of fused-ring (bicyclic) bond motifs is 2. The molecule has 0 aromatic heterocycles. The summed E-state index contributed by atoms with van der Waals surface area (Å²) in [5, 5.41) is 2.99. The van der Waals surface area contributed by atoms with Gasteiger partial charge in [0, 0.05) is 12.1 Å². The lowest BCUT2D eigenvalue weighted by atomic mass is 9.99. The van der Waals surface area contributed by atoms with E-state index in [0.29, 0.717) is 6.54 Å². The molecule has 21 heavy (non-hydrogen) atoms. The summed E-state index contributed by atoms with van der Waals surface area (Å²) < 4.78 is 0. The summed E-state index contributed by atoms with van der Waals surface area (Å²) in [4.78, 5) is 12.4. The summed E-state index contributed by atoms with van der Waals surface area (Å²) in [6.07, 6.45) is 14.8. The lowest BCUT2D eigenvalue weighted by molar-refractivity contribution is -0.117. The molecule has 104 valence electrons. The molecule has 0 saturated heterocycles. The molecule has 1 amide bonds. The van der Waals surface area contributed by atoms with E-state index in [1.165, 1.54) is 5.57 Å². The van der Waals surface area contributed by atoms with Gasteiger partial charge in [0.1, 0.15) is 0 Å². The highest BCUT2D eigenvalue weighted by atomic mass is 16.1. The first-order valence-electron chi connectivity index (χ1n) is 7.10. The SMILES string of the molecule is O=C(NCc1ccccc1)C1=CC=CC2=CC=CC=C1C2. The van der Waals surface area contributed by atoms with Crippen molar-refractivity contribution in [3.05, 3.63) is 95.1 Å². The van der Waals surface area contributed by atoms with Crippen LogP contribution >= 0.6 is 0 Å². The number of hydrogen-bond donors (Lipinski definition) is 1. The maximum absolute atomic E-state index is 12.4. The zero-order valence-electron chi connectivity index (χ0n) is 11.8. The average molecular weight is 275 g/mol. The monoisotopic (exact) mass is 275 g/mol. The van der Waals surface area contributed by atoms with Crippen LogP contribution in [0.2, 0.25) is 0 Å². The molecule has 1 aromatic carbocycles. The van der Waals surface area contributed by atoms with Crippen molar-refractivity contribution in [2.75, 3.05) is 0 Å². The fourth-order valence-corrected chi connectivity index (χ4v) is 2.46. The Morgan fingerprint density at radius 2 is 1.81 bits per heavy atom. The summed E-state index contributed by atoms with van der Waals surface area (Å²) in [5.74, 6) is -0.0219. The van der Waals surface area contributed by atoms with Crippen molar-refractivity contribution in [3.8, 4) is 0 Å². The van der Waals surface area contributed by atoms with Crippen LogP contribution < -0.4 is 5.32 Å². The quantitative estimate of drug-likeness (QED) is 0.897. The molecule has 0 saturated carbocycles. The van der Waals surface area contributed by atoms with Gasteiger partial charge in [0.2, 0.25) is 0 Å². The molecule has 0 spiro atoms. The normalized spacial score (nSPS) is 16.3. The Bertz CT molecular complexity index is 688. The Balaban J connectivity index is 1.74. The van der Waals surface area contributed by atoms with Crippen LogP contribution in [0.3, 0.4) is 0 Å². The molecule has 2 nitrogen and oxygen atoms in total. The summed E-state index contributed by atoms with van der Waals surface area (Å²) >= 11 is 0. The molecular weight excluding hydrogens is 258 g/mol. The van der Waals surface area contributed by atoms with E-state index in [9.17, 15) is 4.79 Å². The van der Waals surface area contributed by atoms with Crippen molar-refractivity contribution in [1.29, 1.82) is 0 Å². The topological polar surface area (TPSA) is 29.1 Å². The molecule has 1 N–H and O–H groups in total. The summed E-state index contributed by atoms with van der Waals surface area (Å²) in [5.41, 5.74) is 4.13. The highest BCUT2D eigenvalue weighted by molar-refractivity contribution is 5.98. The second-order valence-electron chi connectivity index (χ2n) is 5.10. The minimum absolute atomic E-state index is 0.0219. The molecule has 2 aliphatic carbocycles. The number of benzene rings is 1. The van der Waals surface area contributed by atoms with Crippen LogP contribution in [0.5, 0.6) is 0 Å². The number of hydrogen-bond acceptors (Lipinski definition) is 1. The van der Waals surface area contributed by atoms with Crippen molar-refractivity contribution in [2.45, 2.75) is 13.0 Å². The minimum Gasteiger partial charge on any atom is -0.348 e. The van der Waals surface area contributed by atoms with Gasteiger partial charge in [-0.2, -0.15) is 0 Å². The van der Waals surface area contributed by atoms with Gasteiger partial charge in [-0.25, -0.2) is 0 Å². The summed E-state index contributed by atoms with van der Waals surface area (Å²) in [6, 6.07) is 9.95. The number of carbonyl (C=O) groups is 1. The van der Waals surface area contributed by atoms with Gasteiger partial charge in [0.25, 0.3) is 5.91 Å². The van der Waals surface area contributed by atoms with Crippen LogP contribution in [0.1, 0.15) is 12.0 Å². The van der Waals surface area contributed by atoms with Crippen LogP contribution in [0.15, 0.2) is 89.6 Å². The molecule has 3 rings (SSSR count). The second-order valence-corrected chi connectivity index (χ2v) is 5.10. The van der Waals surface area contributed by atoms with Crippen LogP contribution in [0, 0.1) is 0 Å². The largest absolute Gasteiger partial charge is 0.348 e. The number of allylic oxidation sites excluding steroid dienone is 8. The molecule has 0 radical (unpaired) electrons. The van der Waals surface area contributed by atoms with E-state index >= 15 is 0 Å². The second kappa shape index (κ2) is 6.23. The predicted octanol–water partition coefficient (Wildman–Crippen LogP) is 3.61. The zero-order valence-corrected chi connectivity index (χ0v) is 11.8. The Morgan fingerprint density at radius 3 is 2.67 bits per heavy atom. The highest BCUT2D eigenvalue weighted by Crippen LogP contribution is 2.25. The minimum atomic E-state index is -0.0219. The smallest absolute Gasteiger partial charge is 0.251 e. The third-order valence-electron chi connectivity index (χ3n) is 3.57. The third kappa shape index (κ3) is 3.29. The van der Waals surface area contributed by atoms with Crippen molar-refractivity contribution in [2.24, 2.45) is 0 Å². The molecule has 2 aliphatic rings. The molecule has 2 heteroatoms. The maximum atomic E-state index is 12.4. The number of amides is 1. The van der Waals surface area contributed by atoms with E-state index in [4.69, 9.17) is 0 Å². The highest BCUT2D eigenvalue weighted by Gasteiger charge is 2.16. The van der Waals surface area contributed by atoms with Gasteiger partial charge in [-0.15, -0.1) is 0 Å². The Hall–Kier alpha value is -2.61. The third-order valence-corrected chi connectivity index (χ3v) is 3.57. The van der Waals surface area contributed by atoms with Crippen molar-refractivity contribution >= 4 is 5.91 Å². The van der Waals surface area contributed by atoms with Gasteiger partial charge < -0.3 is 5.32 Å². The van der Waals surface area contributed by atoms with Gasteiger partial charge in [-0.1, -0.05) is 66.8 Å². The van der Waals surface area contributed by atoms with Crippen LogP contribution in [-0.2, 0) is 11.3 Å². The van der Waals surface area contributed by atoms with Crippen molar-refractivity contribution in [3.63, 3.8) is 0 Å². The van der Waals surface area contributed by atoms with E-state index in [1.54, 1.807) is 0 Å². The molecule has 2 bridgehead atoms. The van der Waals surface area contributed by atoms with E-state index in [-0.39, 0.29) is 5.91 Å². The Kier molecular flexibility index (Phi) is 3.97. The lowest BCUT2D eigenvalue weighted by Gasteiger charge is -2.11. The first kappa shape index (κ1) is 13.4. The first-order chi connectivity index (χ1) is 10.3. The van der Waals surface area contributed by atoms with Gasteiger partial charge in [-0.05, 0) is 29.2 Å². The van der Waals surface area contributed by atoms with Crippen molar-refractivity contribution < 1.29 is 4.79 Å². The fourth-order valence-electron chi connectivity index (χ4n) is 2.46. The first-order valence-corrected chi connectivity index (χ1v) is 7.10. The zero-order chi connectivity index (χ0) is 14.5. The number of rotatable bonds is 3. The van der Waals surface area contributed by atoms with E-state index in [1.807, 2.05) is 60.7 Å². The maximum Gasteiger partial charge on any atom is 0.251 e. The number of carbonyl (C=O) groups excluding carboxylic acids is 1. The van der Waals surface area contributed by atoms with Crippen LogP contribution in [0.4, 0.5) is 0 Å². The fraction of sp³-hybridized carbons (Fsp3) is 0.105. The molecule has 0 heterocycles. The predicted molar refractivity (Wildman–Crippen MR) is 85.4 cm³/mol. The Labute approximate surface area is 124 Å². The van der Waals surface area contributed by atoms with Gasteiger partial charge >= 0.3 is 0 Å². The molecule has 0 atom stereocenters. The molecule has 0 aliphatic heterocycles. The lowest BCUT2D eigenvalue weighted by Crippen LogP contribution is -2.25. The van der Waals surface area contributed by atoms with Gasteiger partial charge in [0.05, 0.1) is 0 Å². The van der Waals surface area contributed by atoms with Crippen LogP contribution in [-0.4, -0.2) is 5.91 Å².